The highest BCUT2D eigenvalue weighted by molar-refractivity contribution is 7.99. The second-order valence-electron chi connectivity index (χ2n) is 8.74. The van der Waals surface area contributed by atoms with E-state index < -0.39 is 0 Å². The summed E-state index contributed by atoms with van der Waals surface area (Å²) in [7, 11) is 3.53. The molecule has 0 radical (unpaired) electrons. The van der Waals surface area contributed by atoms with Gasteiger partial charge in [-0.2, -0.15) is 0 Å². The molecule has 0 bridgehead atoms. The number of carbonyl (C=O) groups is 1. The summed E-state index contributed by atoms with van der Waals surface area (Å²) in [5.41, 5.74) is 1.84. The molecule has 7 nitrogen and oxygen atoms in total. The molecule has 35 heavy (non-hydrogen) atoms. The molecule has 1 fully saturated rings. The van der Waals surface area contributed by atoms with Crippen LogP contribution < -0.4 is 4.74 Å². The van der Waals surface area contributed by atoms with E-state index in [4.69, 9.17) is 9.26 Å². The van der Waals surface area contributed by atoms with Crippen LogP contribution in [0.25, 0.3) is 10.8 Å². The van der Waals surface area contributed by atoms with Crippen LogP contribution in [0, 0.1) is 0 Å². The number of benzene rings is 2. The van der Waals surface area contributed by atoms with E-state index in [0.29, 0.717) is 13.1 Å². The molecular weight excluding hydrogens is 460 g/mol. The lowest BCUT2D eigenvalue weighted by Crippen LogP contribution is -2.43. The van der Waals surface area contributed by atoms with Crippen molar-refractivity contribution in [1.82, 2.24) is 19.9 Å². The summed E-state index contributed by atoms with van der Waals surface area (Å²) < 4.78 is 10.7. The standard InChI is InChI=1S/C27H28N4O3S/c1-30(16-20-12-14-34-29-20)27(32)24-15-21(35-26-9-5-6-13-28-26)17-31(24)18-23-22-8-4-3-7-19(22)10-11-25(23)33-2/h3-14,21,24H,15-18H2,1-2H3/t21-,24+/m1/s1. The van der Waals surface area contributed by atoms with Crippen molar-refractivity contribution in [3.05, 3.63) is 84.4 Å². The normalized spacial score (nSPS) is 18.1. The smallest absolute Gasteiger partial charge is 0.240 e. The van der Waals surface area contributed by atoms with E-state index in [1.54, 1.807) is 29.8 Å². The van der Waals surface area contributed by atoms with Crippen LogP contribution in [0.5, 0.6) is 5.75 Å². The Bertz CT molecular complexity index is 1280. The summed E-state index contributed by atoms with van der Waals surface area (Å²) in [4.78, 5) is 22.2. The first-order valence-corrected chi connectivity index (χ1v) is 12.5. The number of hydrogen-bond acceptors (Lipinski definition) is 7. The number of likely N-dealkylation sites (N-methyl/N-ethyl adjacent to an activating group) is 1. The van der Waals surface area contributed by atoms with Crippen LogP contribution in [0.15, 0.2) is 82.7 Å². The maximum Gasteiger partial charge on any atom is 0.240 e. The van der Waals surface area contributed by atoms with E-state index in [0.717, 1.165) is 45.8 Å². The molecule has 180 valence electrons. The minimum atomic E-state index is -0.253. The first-order valence-electron chi connectivity index (χ1n) is 11.6. The third kappa shape index (κ3) is 5.18. The number of hydrogen-bond donors (Lipinski definition) is 0. The van der Waals surface area contributed by atoms with Gasteiger partial charge in [-0.05, 0) is 35.4 Å². The molecule has 2 aromatic heterocycles. The van der Waals surface area contributed by atoms with E-state index in [2.05, 4.69) is 33.2 Å². The van der Waals surface area contributed by atoms with Gasteiger partial charge in [-0.15, -0.1) is 11.8 Å². The Kier molecular flexibility index (Phi) is 7.01. The Hall–Kier alpha value is -3.36. The number of ether oxygens (including phenoxy) is 1. The van der Waals surface area contributed by atoms with Crippen LogP contribution in [0.2, 0.25) is 0 Å². The molecule has 0 saturated carbocycles. The molecule has 0 unspecified atom stereocenters. The summed E-state index contributed by atoms with van der Waals surface area (Å²) in [6, 6.07) is 19.9. The zero-order chi connectivity index (χ0) is 24.2. The predicted octanol–water partition coefficient (Wildman–Crippen LogP) is 4.63. The molecule has 4 aromatic rings. The van der Waals surface area contributed by atoms with E-state index in [9.17, 15) is 4.79 Å². The van der Waals surface area contributed by atoms with Gasteiger partial charge in [0.15, 0.2) is 0 Å². The molecule has 0 spiro atoms. The summed E-state index contributed by atoms with van der Waals surface area (Å²) >= 11 is 1.74. The van der Waals surface area contributed by atoms with Gasteiger partial charge in [-0.25, -0.2) is 4.98 Å². The summed E-state index contributed by atoms with van der Waals surface area (Å²) in [6.07, 6.45) is 4.09. The van der Waals surface area contributed by atoms with Gasteiger partial charge in [0.25, 0.3) is 0 Å². The number of methoxy groups -OCH3 is 1. The van der Waals surface area contributed by atoms with Gasteiger partial charge < -0.3 is 14.2 Å². The monoisotopic (exact) mass is 488 g/mol. The first kappa shape index (κ1) is 23.4. The van der Waals surface area contributed by atoms with E-state index in [-0.39, 0.29) is 17.2 Å². The maximum atomic E-state index is 13.7. The number of amides is 1. The molecule has 3 heterocycles. The third-order valence-electron chi connectivity index (χ3n) is 6.42. The fraction of sp³-hybridized carbons (Fsp3) is 0.296. The summed E-state index contributed by atoms with van der Waals surface area (Å²) in [6.45, 7) is 1.81. The fourth-order valence-electron chi connectivity index (χ4n) is 4.73. The highest BCUT2D eigenvalue weighted by Crippen LogP contribution is 2.36. The Morgan fingerprint density at radius 3 is 2.80 bits per heavy atom. The molecule has 0 aliphatic carbocycles. The number of thioether (sulfide) groups is 1. The Morgan fingerprint density at radius 1 is 1.17 bits per heavy atom. The molecule has 0 N–H and O–H groups in total. The largest absolute Gasteiger partial charge is 0.496 e. The Labute approximate surface area is 209 Å². The second kappa shape index (κ2) is 10.5. The van der Waals surface area contributed by atoms with Crippen molar-refractivity contribution in [2.75, 3.05) is 20.7 Å². The molecule has 1 aliphatic rings. The van der Waals surface area contributed by atoms with E-state index in [1.165, 1.54) is 6.26 Å². The molecule has 1 saturated heterocycles. The van der Waals surface area contributed by atoms with Gasteiger partial charge in [0.1, 0.15) is 17.7 Å². The lowest BCUT2D eigenvalue weighted by atomic mass is 10.0. The quantitative estimate of drug-likeness (QED) is 0.358. The van der Waals surface area contributed by atoms with Crippen LogP contribution in [-0.4, -0.2) is 57.8 Å². The number of fused-ring (bicyclic) bond motifs is 1. The molecule has 1 aliphatic heterocycles. The molecule has 2 atom stereocenters. The number of aromatic nitrogens is 2. The zero-order valence-electron chi connectivity index (χ0n) is 19.8. The molecular formula is C27H28N4O3S. The summed E-state index contributed by atoms with van der Waals surface area (Å²) in [5.74, 6) is 0.919. The van der Waals surface area contributed by atoms with Gasteiger partial charge in [-0.1, -0.05) is 41.6 Å². The number of carbonyl (C=O) groups excluding carboxylic acids is 1. The van der Waals surface area contributed by atoms with Crippen LogP contribution in [0.4, 0.5) is 0 Å². The van der Waals surface area contributed by atoms with E-state index in [1.807, 2.05) is 49.6 Å². The lowest BCUT2D eigenvalue weighted by Gasteiger charge is -2.28. The zero-order valence-corrected chi connectivity index (χ0v) is 20.6. The van der Waals surface area contributed by atoms with Crippen molar-refractivity contribution in [1.29, 1.82) is 0 Å². The number of nitrogens with zero attached hydrogens (tertiary/aromatic N) is 4. The molecule has 1 amide bonds. The number of pyridine rings is 1. The minimum Gasteiger partial charge on any atom is -0.496 e. The third-order valence-corrected chi connectivity index (χ3v) is 7.58. The van der Waals surface area contributed by atoms with Crippen molar-refractivity contribution < 1.29 is 14.1 Å². The maximum absolute atomic E-state index is 13.7. The van der Waals surface area contributed by atoms with Gasteiger partial charge in [-0.3, -0.25) is 9.69 Å². The second-order valence-corrected chi connectivity index (χ2v) is 10.1. The van der Waals surface area contributed by atoms with Crippen LogP contribution in [0.3, 0.4) is 0 Å². The highest BCUT2D eigenvalue weighted by Gasteiger charge is 2.39. The van der Waals surface area contributed by atoms with Crippen molar-refractivity contribution in [2.24, 2.45) is 0 Å². The average Bonchev–Trinajstić information content (AvgIpc) is 3.54. The Balaban J connectivity index is 1.43. The molecule has 5 rings (SSSR count). The minimum absolute atomic E-state index is 0.0799. The average molecular weight is 489 g/mol. The van der Waals surface area contributed by atoms with Crippen molar-refractivity contribution >= 4 is 28.4 Å². The lowest BCUT2D eigenvalue weighted by molar-refractivity contribution is -0.135. The SMILES string of the molecule is COc1ccc2ccccc2c1CN1C[C@H](Sc2ccccn2)C[C@H]1C(=O)N(C)Cc1ccon1. The van der Waals surface area contributed by atoms with Crippen LogP contribution >= 0.6 is 11.8 Å². The highest BCUT2D eigenvalue weighted by atomic mass is 32.2. The van der Waals surface area contributed by atoms with Gasteiger partial charge in [0.2, 0.25) is 5.91 Å². The van der Waals surface area contributed by atoms with Crippen molar-refractivity contribution in [3.8, 4) is 5.75 Å². The van der Waals surface area contributed by atoms with Gasteiger partial charge in [0, 0.05) is 43.2 Å². The fourth-order valence-corrected chi connectivity index (χ4v) is 5.90. The van der Waals surface area contributed by atoms with Crippen molar-refractivity contribution in [2.45, 2.75) is 35.8 Å². The molecule has 8 heteroatoms. The van der Waals surface area contributed by atoms with Crippen LogP contribution in [-0.2, 0) is 17.9 Å². The number of rotatable bonds is 8. The predicted molar refractivity (Wildman–Crippen MR) is 136 cm³/mol. The van der Waals surface area contributed by atoms with Crippen LogP contribution in [0.1, 0.15) is 17.7 Å². The molecule has 2 aromatic carbocycles. The Morgan fingerprint density at radius 2 is 2.03 bits per heavy atom. The van der Waals surface area contributed by atoms with Gasteiger partial charge in [0.05, 0.1) is 24.7 Å². The van der Waals surface area contributed by atoms with Gasteiger partial charge >= 0.3 is 0 Å². The number of likely N-dealkylation sites (tertiary alicyclic amines) is 1. The van der Waals surface area contributed by atoms with Crippen molar-refractivity contribution in [3.63, 3.8) is 0 Å². The first-order chi connectivity index (χ1) is 17.1. The van der Waals surface area contributed by atoms with E-state index >= 15 is 0 Å². The summed E-state index contributed by atoms with van der Waals surface area (Å²) in [5, 5.41) is 7.50. The topological polar surface area (TPSA) is 71.7 Å².